The van der Waals surface area contributed by atoms with Crippen LogP contribution < -0.4 is 21.1 Å². The second-order valence-electron chi connectivity index (χ2n) is 13.6. The number of esters is 1. The first-order valence-electron chi connectivity index (χ1n) is 16.8. The van der Waals surface area contributed by atoms with Crippen LogP contribution in [-0.2, 0) is 35.5 Å². The van der Waals surface area contributed by atoms with Gasteiger partial charge in [-0.25, -0.2) is 31.9 Å². The van der Waals surface area contributed by atoms with Gasteiger partial charge in [0, 0.05) is 35.7 Å². The number of ether oxygens (including phenoxy) is 3. The highest BCUT2D eigenvalue weighted by atomic mass is 35.5. The molecule has 2 atom stereocenters. The van der Waals surface area contributed by atoms with E-state index in [1.54, 1.807) is 61.8 Å². The van der Waals surface area contributed by atoms with Crippen LogP contribution in [0, 0.1) is 11.7 Å². The molecular weight excluding hydrogens is 755 g/mol. The lowest BCUT2D eigenvalue weighted by Gasteiger charge is -2.25. The second kappa shape index (κ2) is 17.3. The van der Waals surface area contributed by atoms with Crippen LogP contribution in [0.3, 0.4) is 0 Å². The van der Waals surface area contributed by atoms with Crippen molar-refractivity contribution in [1.82, 2.24) is 14.6 Å². The van der Waals surface area contributed by atoms with Crippen molar-refractivity contribution in [3.8, 4) is 16.9 Å². The summed E-state index contributed by atoms with van der Waals surface area (Å²) in [5.74, 6) is -2.00. The van der Waals surface area contributed by atoms with Crippen molar-refractivity contribution in [3.63, 3.8) is 0 Å². The molecule has 1 unspecified atom stereocenters. The minimum atomic E-state index is -3.65. The standard InChI is InChI=1S/C38H41FN6O8S.ClH/c1-22(2)35(52-36(47)38(4,5)40)53-37(48)42-30-17-16-29(54(6,49)50)19-31(30)51-21-32-43-33-18-11-26(20-45(33)44-32)25-9-14-28(15-10-25)41-34(46)23(3)24-7-12-27(39)13-8-24;/h7-20,22-23,35H,21,40H2,1-6H3,(H,41,46)(H,42,48);1H/t23-,35?;/m1./s1. The maximum atomic E-state index is 13.3. The van der Waals surface area contributed by atoms with Crippen molar-refractivity contribution < 1.29 is 41.4 Å². The van der Waals surface area contributed by atoms with Crippen LogP contribution >= 0.6 is 12.4 Å². The summed E-state index contributed by atoms with van der Waals surface area (Å²) in [6.45, 7) is 7.84. The number of halogens is 2. The monoisotopic (exact) mass is 796 g/mol. The summed E-state index contributed by atoms with van der Waals surface area (Å²) in [5, 5.41) is 9.91. The number of fused-ring (bicyclic) bond motifs is 1. The molecule has 0 radical (unpaired) electrons. The smallest absolute Gasteiger partial charge is 0.414 e. The number of sulfone groups is 1. The topological polar surface area (TPSA) is 193 Å². The van der Waals surface area contributed by atoms with Crippen LogP contribution in [0.4, 0.5) is 20.6 Å². The molecule has 0 aliphatic heterocycles. The van der Waals surface area contributed by atoms with E-state index >= 15 is 0 Å². The molecule has 0 saturated heterocycles. The molecule has 0 aliphatic carbocycles. The highest BCUT2D eigenvalue weighted by Gasteiger charge is 2.30. The Bertz CT molecular complexity index is 2280. The molecule has 0 fully saturated rings. The van der Waals surface area contributed by atoms with Gasteiger partial charge in [-0.1, -0.05) is 38.1 Å². The number of nitrogens with zero attached hydrogens (tertiary/aromatic N) is 3. The molecule has 2 heterocycles. The van der Waals surface area contributed by atoms with Gasteiger partial charge in [0.25, 0.3) is 6.29 Å². The third-order valence-corrected chi connectivity index (χ3v) is 9.23. The summed E-state index contributed by atoms with van der Waals surface area (Å²) in [7, 11) is -3.65. The number of aromatic nitrogens is 3. The van der Waals surface area contributed by atoms with Gasteiger partial charge >= 0.3 is 12.1 Å². The van der Waals surface area contributed by atoms with Gasteiger partial charge in [-0.2, -0.15) is 0 Å². The summed E-state index contributed by atoms with van der Waals surface area (Å²) in [5.41, 5.74) is 8.03. The van der Waals surface area contributed by atoms with E-state index < -0.39 is 45.6 Å². The minimum absolute atomic E-state index is 0. The van der Waals surface area contributed by atoms with E-state index in [4.69, 9.17) is 19.9 Å². The fraction of sp³-hybridized carbons (Fsp3) is 0.289. The van der Waals surface area contributed by atoms with Crippen molar-refractivity contribution in [1.29, 1.82) is 0 Å². The van der Waals surface area contributed by atoms with Crippen molar-refractivity contribution in [2.75, 3.05) is 16.9 Å². The SMILES string of the molecule is CC(C)C(OC(=O)Nc1ccc(S(C)(=O)=O)cc1OCc1nc2ccc(-c3ccc(NC(=O)[C@H](C)c4ccc(F)cc4)cc3)cn2n1)OC(=O)C(C)(C)N.Cl. The third-order valence-electron chi connectivity index (χ3n) is 8.12. The lowest BCUT2D eigenvalue weighted by molar-refractivity contribution is -0.179. The number of hydrogen-bond acceptors (Lipinski definition) is 11. The van der Waals surface area contributed by atoms with E-state index in [1.807, 2.05) is 18.2 Å². The normalized spacial score (nSPS) is 12.7. The fourth-order valence-corrected chi connectivity index (χ4v) is 5.59. The largest absolute Gasteiger partial charge is 0.483 e. The Kier molecular flexibility index (Phi) is 13.2. The molecule has 17 heteroatoms. The lowest BCUT2D eigenvalue weighted by Crippen LogP contribution is -2.46. The number of carbonyl (C=O) groups is 3. The van der Waals surface area contributed by atoms with E-state index in [-0.39, 0.29) is 52.9 Å². The van der Waals surface area contributed by atoms with Gasteiger partial charge in [0.2, 0.25) is 5.91 Å². The van der Waals surface area contributed by atoms with Crippen molar-refractivity contribution in [2.45, 2.75) is 63.9 Å². The Labute approximate surface area is 323 Å². The van der Waals surface area contributed by atoms with Crippen molar-refractivity contribution >= 4 is 57.2 Å². The summed E-state index contributed by atoms with van der Waals surface area (Å²) in [4.78, 5) is 42.4. The first-order chi connectivity index (χ1) is 25.4. The second-order valence-corrected chi connectivity index (χ2v) is 15.6. The number of hydrogen-bond donors (Lipinski definition) is 3. The van der Waals surface area contributed by atoms with Gasteiger partial charge in [-0.15, -0.1) is 17.5 Å². The van der Waals surface area contributed by atoms with E-state index in [1.165, 1.54) is 44.2 Å². The van der Waals surface area contributed by atoms with E-state index in [2.05, 4.69) is 20.7 Å². The molecule has 5 aromatic rings. The first kappa shape index (κ1) is 42.2. The Morgan fingerprint density at radius 3 is 2.18 bits per heavy atom. The van der Waals surface area contributed by atoms with Crippen LogP contribution in [0.25, 0.3) is 16.8 Å². The van der Waals surface area contributed by atoms with Gasteiger partial charge in [-0.05, 0) is 80.4 Å². The van der Waals surface area contributed by atoms with Gasteiger partial charge in [0.1, 0.15) is 23.7 Å². The van der Waals surface area contributed by atoms with Crippen LogP contribution in [-0.4, -0.2) is 59.1 Å². The zero-order chi connectivity index (χ0) is 39.4. The quantitative estimate of drug-likeness (QED) is 0.0871. The highest BCUT2D eigenvalue weighted by molar-refractivity contribution is 7.90. The molecule has 2 aromatic heterocycles. The molecule has 0 spiro atoms. The Morgan fingerprint density at radius 2 is 1.56 bits per heavy atom. The molecule has 0 bridgehead atoms. The third kappa shape index (κ3) is 11.0. The van der Waals surface area contributed by atoms with Gasteiger partial charge in [-0.3, -0.25) is 10.1 Å². The Hall–Kier alpha value is -5.58. The number of anilines is 2. The maximum Gasteiger partial charge on any atom is 0.414 e. The number of rotatable bonds is 13. The molecule has 292 valence electrons. The van der Waals surface area contributed by atoms with Crippen LogP contribution in [0.2, 0.25) is 0 Å². The number of pyridine rings is 1. The minimum Gasteiger partial charge on any atom is -0.483 e. The number of amides is 2. The summed E-state index contributed by atoms with van der Waals surface area (Å²) < 4.78 is 56.1. The average molecular weight is 797 g/mol. The molecule has 2 amide bonds. The first-order valence-corrected chi connectivity index (χ1v) is 18.7. The highest BCUT2D eigenvalue weighted by Crippen LogP contribution is 2.30. The fourth-order valence-electron chi connectivity index (χ4n) is 4.96. The van der Waals surface area contributed by atoms with Gasteiger partial charge in [0.05, 0.1) is 16.5 Å². The predicted octanol–water partition coefficient (Wildman–Crippen LogP) is 6.49. The number of benzene rings is 3. The van der Waals surface area contributed by atoms with E-state index in [9.17, 15) is 27.2 Å². The van der Waals surface area contributed by atoms with Gasteiger partial charge in [0.15, 0.2) is 21.3 Å². The molecule has 0 aliphatic rings. The summed E-state index contributed by atoms with van der Waals surface area (Å²) >= 11 is 0. The zero-order valence-electron chi connectivity index (χ0n) is 30.9. The lowest BCUT2D eigenvalue weighted by atomic mass is 10.00. The van der Waals surface area contributed by atoms with Crippen LogP contribution in [0.1, 0.15) is 51.9 Å². The summed E-state index contributed by atoms with van der Waals surface area (Å²) in [6.07, 6.45) is 0.568. The summed E-state index contributed by atoms with van der Waals surface area (Å²) in [6, 6.07) is 20.6. The molecule has 55 heavy (non-hydrogen) atoms. The zero-order valence-corrected chi connectivity index (χ0v) is 32.5. The Morgan fingerprint density at radius 1 is 0.909 bits per heavy atom. The number of carbonyl (C=O) groups excluding carboxylic acids is 3. The molecule has 14 nitrogen and oxygen atoms in total. The molecule has 4 N–H and O–H groups in total. The molecule has 5 rings (SSSR count). The van der Waals surface area contributed by atoms with Crippen LogP contribution in [0.5, 0.6) is 5.75 Å². The molecule has 0 saturated carbocycles. The number of nitrogens with one attached hydrogen (secondary N) is 2. The molecule has 3 aromatic carbocycles. The van der Waals surface area contributed by atoms with Crippen molar-refractivity contribution in [3.05, 3.63) is 102 Å². The average Bonchev–Trinajstić information content (AvgIpc) is 3.52. The van der Waals surface area contributed by atoms with Gasteiger partial charge < -0.3 is 25.3 Å². The maximum absolute atomic E-state index is 13.3. The van der Waals surface area contributed by atoms with Crippen molar-refractivity contribution in [2.24, 2.45) is 11.7 Å². The Balaban J connectivity index is 0.00000673. The van der Waals surface area contributed by atoms with Crippen LogP contribution in [0.15, 0.2) is 90.0 Å². The predicted molar refractivity (Wildman–Crippen MR) is 206 cm³/mol. The molecular formula is C38H42ClFN6O8S. The van der Waals surface area contributed by atoms with E-state index in [0.717, 1.165) is 17.4 Å². The number of nitrogens with two attached hydrogens (primary N) is 1. The van der Waals surface area contributed by atoms with E-state index in [0.29, 0.717) is 16.9 Å².